The maximum Gasteiger partial charge on any atom is 0.164 e. The van der Waals surface area contributed by atoms with Crippen molar-refractivity contribution in [2.75, 3.05) is 17.6 Å². The van der Waals surface area contributed by atoms with Crippen molar-refractivity contribution in [1.29, 1.82) is 0 Å². The van der Waals surface area contributed by atoms with Crippen LogP contribution in [0.3, 0.4) is 0 Å². The number of nitrogens with one attached hydrogen (secondary N) is 1. The Bertz CT molecular complexity index is 800. The van der Waals surface area contributed by atoms with Crippen molar-refractivity contribution in [3.63, 3.8) is 0 Å². The molecule has 0 saturated heterocycles. The van der Waals surface area contributed by atoms with E-state index in [0.717, 1.165) is 39.5 Å². The summed E-state index contributed by atoms with van der Waals surface area (Å²) in [5.41, 5.74) is 3.48. The second kappa shape index (κ2) is 7.31. The Hall–Kier alpha value is -1.60. The number of hydrogen-bond acceptors (Lipinski definition) is 5. The lowest BCUT2D eigenvalue weighted by Gasteiger charge is -2.07. The molecule has 1 aromatic carbocycles. The molecule has 0 bridgehead atoms. The third kappa shape index (κ3) is 3.84. The molecule has 0 radical (unpaired) electrons. The Morgan fingerprint density at radius 2 is 2.00 bits per heavy atom. The predicted octanol–water partition coefficient (Wildman–Crippen LogP) is 3.78. The molecular formula is C16H18BrN5S. The van der Waals surface area contributed by atoms with Gasteiger partial charge in [-0.2, -0.15) is 16.9 Å². The highest BCUT2D eigenvalue weighted by Gasteiger charge is 2.12. The molecule has 0 aliphatic carbocycles. The lowest BCUT2D eigenvalue weighted by molar-refractivity contribution is 0.777. The van der Waals surface area contributed by atoms with E-state index in [1.54, 1.807) is 11.0 Å². The van der Waals surface area contributed by atoms with Crippen LogP contribution in [0.2, 0.25) is 0 Å². The zero-order valence-corrected chi connectivity index (χ0v) is 15.5. The molecule has 0 fully saturated rings. The van der Waals surface area contributed by atoms with Crippen LogP contribution >= 0.6 is 27.7 Å². The van der Waals surface area contributed by atoms with Gasteiger partial charge in [0.25, 0.3) is 0 Å². The molecule has 0 unspecified atom stereocenters. The zero-order valence-electron chi connectivity index (χ0n) is 13.1. The Morgan fingerprint density at radius 1 is 1.22 bits per heavy atom. The molecule has 2 aromatic heterocycles. The molecule has 0 amide bonds. The summed E-state index contributed by atoms with van der Waals surface area (Å²) in [6.45, 7) is 2.96. The van der Waals surface area contributed by atoms with Crippen LogP contribution in [0.1, 0.15) is 11.1 Å². The van der Waals surface area contributed by atoms with Crippen LogP contribution < -0.4 is 5.32 Å². The molecule has 1 N–H and O–H groups in total. The minimum absolute atomic E-state index is 0.769. The van der Waals surface area contributed by atoms with Crippen LogP contribution in [0.4, 0.5) is 5.82 Å². The molecular weight excluding hydrogens is 374 g/mol. The van der Waals surface area contributed by atoms with Gasteiger partial charge >= 0.3 is 0 Å². The number of fused-ring (bicyclic) bond motifs is 1. The minimum Gasteiger partial charge on any atom is -0.368 e. The molecule has 5 nitrogen and oxygen atoms in total. The summed E-state index contributed by atoms with van der Waals surface area (Å²) >= 11 is 5.38. The molecule has 0 aliphatic heterocycles. The minimum atomic E-state index is 0.769. The highest BCUT2D eigenvalue weighted by Crippen LogP contribution is 2.26. The number of rotatable bonds is 6. The van der Waals surface area contributed by atoms with Gasteiger partial charge < -0.3 is 5.32 Å². The average Bonchev–Trinajstić information content (AvgIpc) is 2.84. The summed E-state index contributed by atoms with van der Waals surface area (Å²) in [5.74, 6) is 2.86. The van der Waals surface area contributed by atoms with Crippen molar-refractivity contribution >= 4 is 44.5 Å². The van der Waals surface area contributed by atoms with Crippen molar-refractivity contribution in [3.8, 4) is 0 Å². The van der Waals surface area contributed by atoms with Gasteiger partial charge in [-0.1, -0.05) is 29.8 Å². The Labute approximate surface area is 148 Å². The highest BCUT2D eigenvalue weighted by molar-refractivity contribution is 9.10. The molecule has 3 rings (SSSR count). The fraction of sp³-hybridized carbons (Fsp3) is 0.312. The molecule has 0 atom stereocenters. The maximum atomic E-state index is 4.33. The lowest BCUT2D eigenvalue weighted by atomic mass is 10.2. The van der Waals surface area contributed by atoms with Gasteiger partial charge in [0.2, 0.25) is 0 Å². The largest absolute Gasteiger partial charge is 0.368 e. The summed E-state index contributed by atoms with van der Waals surface area (Å²) in [6.07, 6.45) is 1.57. The van der Waals surface area contributed by atoms with Crippen LogP contribution in [-0.2, 0) is 12.8 Å². The molecule has 120 valence electrons. The van der Waals surface area contributed by atoms with E-state index < -0.39 is 0 Å². The monoisotopic (exact) mass is 391 g/mol. The maximum absolute atomic E-state index is 4.33. The lowest BCUT2D eigenvalue weighted by Crippen LogP contribution is -2.06. The van der Waals surface area contributed by atoms with Crippen LogP contribution in [0.15, 0.2) is 35.2 Å². The topological polar surface area (TPSA) is 55.6 Å². The van der Waals surface area contributed by atoms with E-state index in [1.165, 1.54) is 11.1 Å². The number of halogens is 1. The van der Waals surface area contributed by atoms with Crippen LogP contribution in [0.25, 0.3) is 11.0 Å². The van der Waals surface area contributed by atoms with Gasteiger partial charge in [0.15, 0.2) is 5.65 Å². The van der Waals surface area contributed by atoms with E-state index in [1.807, 2.05) is 18.8 Å². The second-order valence-corrected chi connectivity index (χ2v) is 7.16. The van der Waals surface area contributed by atoms with Gasteiger partial charge in [0, 0.05) is 25.1 Å². The molecule has 0 spiro atoms. The normalized spacial score (nSPS) is 11.1. The summed E-state index contributed by atoms with van der Waals surface area (Å²) in [4.78, 5) is 8.60. The summed E-state index contributed by atoms with van der Waals surface area (Å²) < 4.78 is 2.52. The van der Waals surface area contributed by atoms with E-state index in [9.17, 15) is 0 Å². The summed E-state index contributed by atoms with van der Waals surface area (Å²) in [5, 5.41) is 8.64. The van der Waals surface area contributed by atoms with Crippen molar-refractivity contribution in [2.24, 2.45) is 7.05 Å². The number of hydrogen-bond donors (Lipinski definition) is 1. The van der Waals surface area contributed by atoms with Crippen LogP contribution in [-0.4, -0.2) is 32.0 Å². The Kier molecular flexibility index (Phi) is 5.17. The smallest absolute Gasteiger partial charge is 0.164 e. The fourth-order valence-electron chi connectivity index (χ4n) is 2.29. The molecule has 0 aliphatic rings. The van der Waals surface area contributed by atoms with Crippen molar-refractivity contribution in [3.05, 3.63) is 46.3 Å². The second-order valence-electron chi connectivity index (χ2n) is 5.30. The first-order chi connectivity index (χ1) is 11.1. The fourth-order valence-corrected chi connectivity index (χ4v) is 3.71. The number of thioether (sulfide) groups is 1. The third-order valence-corrected chi connectivity index (χ3v) is 5.09. The first kappa shape index (κ1) is 16.3. The predicted molar refractivity (Wildman–Crippen MR) is 99.8 cm³/mol. The van der Waals surface area contributed by atoms with Crippen molar-refractivity contribution < 1.29 is 0 Å². The first-order valence-corrected chi connectivity index (χ1v) is 9.30. The van der Waals surface area contributed by atoms with E-state index in [-0.39, 0.29) is 0 Å². The van der Waals surface area contributed by atoms with Crippen LogP contribution in [0.5, 0.6) is 0 Å². The van der Waals surface area contributed by atoms with Crippen molar-refractivity contribution in [2.45, 2.75) is 12.7 Å². The zero-order chi connectivity index (χ0) is 16.2. The molecule has 3 aromatic rings. The van der Waals surface area contributed by atoms with Gasteiger partial charge in [0.1, 0.15) is 16.7 Å². The summed E-state index contributed by atoms with van der Waals surface area (Å²) in [6, 6.07) is 8.70. The van der Waals surface area contributed by atoms with Gasteiger partial charge in [0.05, 0.1) is 5.39 Å². The first-order valence-electron chi connectivity index (χ1n) is 7.35. The van der Waals surface area contributed by atoms with Crippen molar-refractivity contribution in [1.82, 2.24) is 19.7 Å². The molecule has 23 heavy (non-hydrogen) atoms. The van der Waals surface area contributed by atoms with Gasteiger partial charge in [-0.05, 0) is 28.4 Å². The summed E-state index contributed by atoms with van der Waals surface area (Å²) in [7, 11) is 1.88. The number of anilines is 1. The third-order valence-electron chi connectivity index (χ3n) is 3.51. The number of aromatic nitrogens is 4. The molecule has 0 saturated carbocycles. The SMILES string of the molecule is Cc1ccc(CSCCNc2ncnc3c2c(Br)nn3C)cc1. The van der Waals surface area contributed by atoms with Gasteiger partial charge in [-0.25, -0.2) is 14.6 Å². The van der Waals surface area contributed by atoms with Crippen LogP contribution in [0, 0.1) is 6.92 Å². The van der Waals surface area contributed by atoms with E-state index in [2.05, 4.69) is 67.5 Å². The van der Waals surface area contributed by atoms with E-state index in [0.29, 0.717) is 0 Å². The average molecular weight is 392 g/mol. The van der Waals surface area contributed by atoms with E-state index >= 15 is 0 Å². The molecule has 2 heterocycles. The standard InChI is InChI=1S/C16H18BrN5S/c1-11-3-5-12(6-4-11)9-23-8-7-18-15-13-14(17)21-22(2)16(13)20-10-19-15/h3-6,10H,7-9H2,1-2H3,(H,18,19,20). The number of aryl methyl sites for hydroxylation is 2. The number of nitrogens with zero attached hydrogens (tertiary/aromatic N) is 4. The number of benzene rings is 1. The quantitative estimate of drug-likeness (QED) is 0.647. The van der Waals surface area contributed by atoms with Gasteiger partial charge in [-0.15, -0.1) is 0 Å². The Morgan fingerprint density at radius 3 is 2.78 bits per heavy atom. The highest BCUT2D eigenvalue weighted by atomic mass is 79.9. The van der Waals surface area contributed by atoms with Gasteiger partial charge in [-0.3, -0.25) is 0 Å². The molecule has 7 heteroatoms. The Balaban J connectivity index is 1.54. The van der Waals surface area contributed by atoms with E-state index in [4.69, 9.17) is 0 Å².